The van der Waals surface area contributed by atoms with Gasteiger partial charge in [0.2, 0.25) is 11.9 Å². The van der Waals surface area contributed by atoms with Crippen LogP contribution in [-0.4, -0.2) is 52.1 Å². The largest absolute Gasteiger partial charge is 0.373 e. The third-order valence-corrected chi connectivity index (χ3v) is 4.88. The molecule has 126 valence electrons. The summed E-state index contributed by atoms with van der Waals surface area (Å²) in [6.45, 7) is 4.44. The van der Waals surface area contributed by atoms with Crippen LogP contribution in [0.15, 0.2) is 18.5 Å². The standard InChI is InChI=1S/C17H26N4O2/c1-2-3-5-15(22)21-10-6-17(7-11-21)12-14(13-23-17)20-16-18-8-4-9-19-16/h4,8-9,14H,2-3,5-7,10-13H2,1H3,(H,18,19,20)/t14-/m0/s1. The molecule has 2 aliphatic heterocycles. The molecule has 6 nitrogen and oxygen atoms in total. The molecule has 0 saturated carbocycles. The lowest BCUT2D eigenvalue weighted by atomic mass is 9.87. The van der Waals surface area contributed by atoms with E-state index in [1.165, 1.54) is 0 Å². The SMILES string of the molecule is CCCCC(=O)N1CCC2(CC1)C[C@H](Nc1ncccn1)CO2. The topological polar surface area (TPSA) is 67.4 Å². The van der Waals surface area contributed by atoms with E-state index in [2.05, 4.69) is 22.2 Å². The Hall–Kier alpha value is -1.69. The molecule has 1 aromatic heterocycles. The predicted molar refractivity (Wildman–Crippen MR) is 88.1 cm³/mol. The van der Waals surface area contributed by atoms with Gasteiger partial charge in [0.25, 0.3) is 0 Å². The van der Waals surface area contributed by atoms with Gasteiger partial charge in [-0.15, -0.1) is 0 Å². The normalized spacial score (nSPS) is 23.2. The quantitative estimate of drug-likeness (QED) is 0.902. The number of nitrogens with one attached hydrogen (secondary N) is 1. The third-order valence-electron chi connectivity index (χ3n) is 4.88. The molecule has 3 heterocycles. The Morgan fingerprint density at radius 1 is 1.39 bits per heavy atom. The Labute approximate surface area is 137 Å². The number of piperidine rings is 1. The molecule has 1 spiro atoms. The van der Waals surface area contributed by atoms with Crippen molar-refractivity contribution in [1.82, 2.24) is 14.9 Å². The lowest BCUT2D eigenvalue weighted by molar-refractivity contribution is -0.136. The van der Waals surface area contributed by atoms with Gasteiger partial charge in [0.05, 0.1) is 18.2 Å². The van der Waals surface area contributed by atoms with Crippen LogP contribution in [0.2, 0.25) is 0 Å². The van der Waals surface area contributed by atoms with Crippen LogP contribution in [0.1, 0.15) is 45.4 Å². The maximum Gasteiger partial charge on any atom is 0.222 e. The number of carbonyl (C=O) groups excluding carboxylic acids is 1. The Kier molecular flexibility index (Phi) is 5.10. The molecule has 0 aliphatic carbocycles. The summed E-state index contributed by atoms with van der Waals surface area (Å²) in [5.74, 6) is 0.956. The Bertz CT molecular complexity index is 515. The van der Waals surface area contributed by atoms with Crippen LogP contribution < -0.4 is 5.32 Å². The van der Waals surface area contributed by atoms with Crippen LogP contribution in [0, 0.1) is 0 Å². The van der Waals surface area contributed by atoms with E-state index in [1.807, 2.05) is 11.0 Å². The van der Waals surface area contributed by atoms with Crippen LogP contribution in [0.5, 0.6) is 0 Å². The van der Waals surface area contributed by atoms with Crippen molar-refractivity contribution in [2.24, 2.45) is 0 Å². The second-order valence-electron chi connectivity index (χ2n) is 6.60. The van der Waals surface area contributed by atoms with Gasteiger partial charge in [-0.3, -0.25) is 4.79 Å². The average molecular weight is 318 g/mol. The molecule has 0 bridgehead atoms. The number of hydrogen-bond donors (Lipinski definition) is 1. The summed E-state index contributed by atoms with van der Waals surface area (Å²) in [7, 11) is 0. The minimum Gasteiger partial charge on any atom is -0.373 e. The summed E-state index contributed by atoms with van der Waals surface area (Å²) in [4.78, 5) is 22.5. The zero-order valence-electron chi connectivity index (χ0n) is 13.8. The maximum absolute atomic E-state index is 12.1. The molecule has 0 unspecified atom stereocenters. The molecular formula is C17H26N4O2. The van der Waals surface area contributed by atoms with Gasteiger partial charge in [0.15, 0.2) is 0 Å². The minimum absolute atomic E-state index is 0.0754. The number of unbranched alkanes of at least 4 members (excludes halogenated alkanes) is 1. The highest BCUT2D eigenvalue weighted by atomic mass is 16.5. The van der Waals surface area contributed by atoms with Gasteiger partial charge in [-0.1, -0.05) is 13.3 Å². The van der Waals surface area contributed by atoms with Gasteiger partial charge in [0.1, 0.15) is 0 Å². The summed E-state index contributed by atoms with van der Waals surface area (Å²) < 4.78 is 6.12. The highest BCUT2D eigenvalue weighted by Gasteiger charge is 2.43. The summed E-state index contributed by atoms with van der Waals surface area (Å²) >= 11 is 0. The van der Waals surface area contributed by atoms with Crippen LogP contribution in [0.3, 0.4) is 0 Å². The van der Waals surface area contributed by atoms with Crippen molar-refractivity contribution in [2.75, 3.05) is 25.0 Å². The van der Waals surface area contributed by atoms with Crippen molar-refractivity contribution in [3.05, 3.63) is 18.5 Å². The first-order valence-electron chi connectivity index (χ1n) is 8.66. The summed E-state index contributed by atoms with van der Waals surface area (Å²) in [5, 5.41) is 3.35. The van der Waals surface area contributed by atoms with E-state index in [1.54, 1.807) is 12.4 Å². The minimum atomic E-state index is -0.0754. The highest BCUT2D eigenvalue weighted by Crippen LogP contribution is 2.36. The molecule has 23 heavy (non-hydrogen) atoms. The second-order valence-corrected chi connectivity index (χ2v) is 6.60. The molecule has 0 radical (unpaired) electrons. The Morgan fingerprint density at radius 2 is 2.13 bits per heavy atom. The highest BCUT2D eigenvalue weighted by molar-refractivity contribution is 5.76. The molecule has 1 aromatic rings. The summed E-state index contributed by atoms with van der Waals surface area (Å²) in [6, 6.07) is 2.06. The zero-order chi connectivity index (χ0) is 16.1. The van der Waals surface area contributed by atoms with Gasteiger partial charge in [-0.05, 0) is 31.7 Å². The van der Waals surface area contributed by atoms with E-state index in [9.17, 15) is 4.79 Å². The fourth-order valence-corrected chi connectivity index (χ4v) is 3.49. The molecular weight excluding hydrogens is 292 g/mol. The van der Waals surface area contributed by atoms with Crippen LogP contribution >= 0.6 is 0 Å². The molecule has 2 saturated heterocycles. The first kappa shape index (κ1) is 16.2. The van der Waals surface area contributed by atoms with Crippen LogP contribution in [-0.2, 0) is 9.53 Å². The number of hydrogen-bond acceptors (Lipinski definition) is 5. The average Bonchev–Trinajstić information content (AvgIpc) is 2.96. The third kappa shape index (κ3) is 3.99. The summed E-state index contributed by atoms with van der Waals surface area (Å²) in [6.07, 6.45) is 9.03. The van der Waals surface area contributed by atoms with Gasteiger partial charge in [0, 0.05) is 31.9 Å². The number of carbonyl (C=O) groups is 1. The first-order chi connectivity index (χ1) is 11.2. The van der Waals surface area contributed by atoms with Gasteiger partial charge >= 0.3 is 0 Å². The van der Waals surface area contributed by atoms with Crippen molar-refractivity contribution in [3.8, 4) is 0 Å². The number of rotatable bonds is 5. The number of aromatic nitrogens is 2. The molecule has 3 rings (SSSR count). The number of amides is 1. The molecule has 2 fully saturated rings. The molecule has 6 heteroatoms. The number of nitrogens with zero attached hydrogens (tertiary/aromatic N) is 3. The second kappa shape index (κ2) is 7.25. The van der Waals surface area contributed by atoms with Crippen LogP contribution in [0.25, 0.3) is 0 Å². The predicted octanol–water partition coefficient (Wildman–Crippen LogP) is 2.23. The van der Waals surface area contributed by atoms with Crippen molar-refractivity contribution >= 4 is 11.9 Å². The smallest absolute Gasteiger partial charge is 0.222 e. The van der Waals surface area contributed by atoms with E-state index in [4.69, 9.17) is 4.74 Å². The lowest BCUT2D eigenvalue weighted by Gasteiger charge is -2.38. The van der Waals surface area contributed by atoms with Crippen molar-refractivity contribution in [3.63, 3.8) is 0 Å². The fourth-order valence-electron chi connectivity index (χ4n) is 3.49. The molecule has 1 N–H and O–H groups in total. The monoisotopic (exact) mass is 318 g/mol. The van der Waals surface area contributed by atoms with Gasteiger partial charge in [-0.2, -0.15) is 0 Å². The molecule has 1 atom stereocenters. The fraction of sp³-hybridized carbons (Fsp3) is 0.706. The van der Waals surface area contributed by atoms with Crippen molar-refractivity contribution < 1.29 is 9.53 Å². The maximum atomic E-state index is 12.1. The summed E-state index contributed by atoms with van der Waals surface area (Å²) in [5.41, 5.74) is -0.0754. The Balaban J connectivity index is 1.48. The number of ether oxygens (including phenoxy) is 1. The van der Waals surface area contributed by atoms with E-state index < -0.39 is 0 Å². The Morgan fingerprint density at radius 3 is 2.83 bits per heavy atom. The number of anilines is 1. The van der Waals surface area contributed by atoms with E-state index in [-0.39, 0.29) is 11.6 Å². The molecule has 2 aliphatic rings. The first-order valence-corrected chi connectivity index (χ1v) is 8.66. The number of likely N-dealkylation sites (tertiary alicyclic amines) is 1. The molecule has 1 amide bonds. The lowest BCUT2D eigenvalue weighted by Crippen LogP contribution is -2.46. The van der Waals surface area contributed by atoms with Crippen molar-refractivity contribution in [2.45, 2.75) is 57.1 Å². The van der Waals surface area contributed by atoms with Gasteiger partial charge in [-0.25, -0.2) is 9.97 Å². The van der Waals surface area contributed by atoms with Crippen LogP contribution in [0.4, 0.5) is 5.95 Å². The van der Waals surface area contributed by atoms with E-state index in [0.717, 1.165) is 45.2 Å². The molecule has 0 aromatic carbocycles. The van der Waals surface area contributed by atoms with Crippen molar-refractivity contribution in [1.29, 1.82) is 0 Å². The van der Waals surface area contributed by atoms with E-state index >= 15 is 0 Å². The zero-order valence-corrected chi connectivity index (χ0v) is 13.8. The van der Waals surface area contributed by atoms with E-state index in [0.29, 0.717) is 24.9 Å². The van der Waals surface area contributed by atoms with Gasteiger partial charge < -0.3 is 15.0 Å².